The third-order valence-electron chi connectivity index (χ3n) is 6.14. The summed E-state index contributed by atoms with van der Waals surface area (Å²) in [5, 5.41) is 5.91. The third kappa shape index (κ3) is 4.13. The molecule has 0 spiro atoms. The topological polar surface area (TPSA) is 91.0 Å². The van der Waals surface area contributed by atoms with Crippen LogP contribution in [-0.2, 0) is 25.5 Å². The molecule has 156 valence electrons. The Kier molecular flexibility index (Phi) is 5.82. The number of anilines is 1. The molecule has 0 saturated carbocycles. The van der Waals surface area contributed by atoms with Crippen molar-refractivity contribution in [3.63, 3.8) is 0 Å². The summed E-state index contributed by atoms with van der Waals surface area (Å²) in [6.07, 6.45) is 2.62. The van der Waals surface area contributed by atoms with Gasteiger partial charge in [0.1, 0.15) is 6.61 Å². The molecule has 2 fully saturated rings. The summed E-state index contributed by atoms with van der Waals surface area (Å²) in [7, 11) is 1.48. The molecule has 0 radical (unpaired) electrons. The summed E-state index contributed by atoms with van der Waals surface area (Å²) in [5.41, 5.74) is 2.24. The predicted octanol–water partition coefficient (Wildman–Crippen LogP) is 0.0598. The standard InChI is InChI=1S/C21H28N4O4/c1-29-13-19(26)23-15-10-18-21(28)22-11-16(25(18)12-15)6-7-20(27)24-9-8-14-4-2-3-5-17(14)24/h2-5,15-16,18H,6-13H2,1H3,(H,22,28)(H,23,26)/t15-,16-,18+/m1/s1. The van der Waals surface area contributed by atoms with Crippen LogP contribution < -0.4 is 15.5 Å². The van der Waals surface area contributed by atoms with Gasteiger partial charge in [-0.05, 0) is 30.9 Å². The number of benzene rings is 1. The van der Waals surface area contributed by atoms with E-state index in [1.54, 1.807) is 0 Å². The molecular formula is C21H28N4O4. The number of methoxy groups -OCH3 is 1. The highest BCUT2D eigenvalue weighted by Gasteiger charge is 2.43. The number of piperazine rings is 1. The van der Waals surface area contributed by atoms with Crippen molar-refractivity contribution in [2.24, 2.45) is 0 Å². The fourth-order valence-corrected chi connectivity index (χ4v) is 4.77. The lowest BCUT2D eigenvalue weighted by atomic mass is 10.0. The van der Waals surface area contributed by atoms with Gasteiger partial charge in [-0.25, -0.2) is 0 Å². The van der Waals surface area contributed by atoms with Gasteiger partial charge in [0, 0.05) is 50.9 Å². The normalized spacial score (nSPS) is 26.0. The van der Waals surface area contributed by atoms with Crippen LogP contribution in [-0.4, -0.2) is 74.1 Å². The number of fused-ring (bicyclic) bond motifs is 2. The number of para-hydroxylation sites is 1. The van der Waals surface area contributed by atoms with Crippen molar-refractivity contribution in [3.8, 4) is 0 Å². The molecule has 0 unspecified atom stereocenters. The van der Waals surface area contributed by atoms with Crippen LogP contribution in [0.1, 0.15) is 24.8 Å². The zero-order valence-electron chi connectivity index (χ0n) is 16.7. The zero-order valence-corrected chi connectivity index (χ0v) is 16.7. The average molecular weight is 400 g/mol. The van der Waals surface area contributed by atoms with Crippen molar-refractivity contribution < 1.29 is 19.1 Å². The molecule has 2 saturated heterocycles. The van der Waals surface area contributed by atoms with E-state index < -0.39 is 0 Å². The number of amides is 3. The maximum Gasteiger partial charge on any atom is 0.246 e. The van der Waals surface area contributed by atoms with Gasteiger partial charge in [0.15, 0.2) is 0 Å². The molecule has 0 aromatic heterocycles. The Balaban J connectivity index is 1.35. The fourth-order valence-electron chi connectivity index (χ4n) is 4.77. The number of ether oxygens (including phenoxy) is 1. The number of carbonyl (C=O) groups excluding carboxylic acids is 3. The van der Waals surface area contributed by atoms with Crippen LogP contribution in [0.15, 0.2) is 24.3 Å². The predicted molar refractivity (Wildman–Crippen MR) is 107 cm³/mol. The number of nitrogens with zero attached hydrogens (tertiary/aromatic N) is 2. The molecule has 3 aliphatic rings. The second kappa shape index (κ2) is 8.51. The van der Waals surface area contributed by atoms with Crippen molar-refractivity contribution in [3.05, 3.63) is 29.8 Å². The van der Waals surface area contributed by atoms with E-state index in [0.717, 1.165) is 18.7 Å². The molecule has 8 heteroatoms. The molecule has 3 atom stereocenters. The first-order valence-corrected chi connectivity index (χ1v) is 10.3. The largest absolute Gasteiger partial charge is 0.375 e. The maximum atomic E-state index is 12.8. The minimum absolute atomic E-state index is 0.00420. The number of rotatable bonds is 6. The molecule has 1 aromatic carbocycles. The Morgan fingerprint density at radius 3 is 2.97 bits per heavy atom. The molecule has 29 heavy (non-hydrogen) atoms. The van der Waals surface area contributed by atoms with E-state index in [1.807, 2.05) is 23.1 Å². The van der Waals surface area contributed by atoms with Crippen molar-refractivity contribution in [2.45, 2.75) is 43.8 Å². The van der Waals surface area contributed by atoms with E-state index in [1.165, 1.54) is 12.7 Å². The van der Waals surface area contributed by atoms with Gasteiger partial charge in [-0.2, -0.15) is 0 Å². The third-order valence-corrected chi connectivity index (χ3v) is 6.14. The van der Waals surface area contributed by atoms with Gasteiger partial charge in [-0.15, -0.1) is 0 Å². The molecule has 4 rings (SSSR count). The van der Waals surface area contributed by atoms with Gasteiger partial charge in [-0.1, -0.05) is 18.2 Å². The van der Waals surface area contributed by atoms with Gasteiger partial charge in [0.2, 0.25) is 17.7 Å². The summed E-state index contributed by atoms with van der Waals surface area (Å²) in [6, 6.07) is 7.83. The highest BCUT2D eigenvalue weighted by atomic mass is 16.5. The molecule has 1 aromatic rings. The molecule has 3 aliphatic heterocycles. The lowest BCUT2D eigenvalue weighted by Crippen LogP contribution is -2.58. The van der Waals surface area contributed by atoms with E-state index in [2.05, 4.69) is 21.6 Å². The van der Waals surface area contributed by atoms with Crippen LogP contribution in [0, 0.1) is 0 Å². The Bertz CT molecular complexity index is 799. The van der Waals surface area contributed by atoms with E-state index in [4.69, 9.17) is 4.74 Å². The molecule has 3 amide bonds. The lowest BCUT2D eigenvalue weighted by molar-refractivity contribution is -0.129. The molecule has 3 heterocycles. The first-order valence-electron chi connectivity index (χ1n) is 10.3. The Labute approximate surface area is 170 Å². The highest BCUT2D eigenvalue weighted by Crippen LogP contribution is 2.29. The van der Waals surface area contributed by atoms with Crippen LogP contribution >= 0.6 is 0 Å². The quantitative estimate of drug-likeness (QED) is 0.705. The molecule has 2 N–H and O–H groups in total. The SMILES string of the molecule is COCC(=O)N[C@@H]1C[C@H]2C(=O)NC[C@@H](CCC(=O)N3CCc4ccccc43)N2C1. The number of hydrogen-bond donors (Lipinski definition) is 2. The first kappa shape index (κ1) is 19.8. The molecule has 0 bridgehead atoms. The summed E-state index contributed by atoms with van der Waals surface area (Å²) in [4.78, 5) is 41.0. The van der Waals surface area contributed by atoms with Crippen molar-refractivity contribution in [1.29, 1.82) is 0 Å². The van der Waals surface area contributed by atoms with Gasteiger partial charge < -0.3 is 20.3 Å². The number of hydrogen-bond acceptors (Lipinski definition) is 5. The molecular weight excluding hydrogens is 372 g/mol. The Hall–Kier alpha value is -2.45. The number of carbonyl (C=O) groups is 3. The summed E-state index contributed by atoms with van der Waals surface area (Å²) in [5.74, 6) is -0.0331. The minimum Gasteiger partial charge on any atom is -0.375 e. The second-order valence-electron chi connectivity index (χ2n) is 8.01. The Morgan fingerprint density at radius 2 is 2.14 bits per heavy atom. The summed E-state index contributed by atoms with van der Waals surface area (Å²) >= 11 is 0. The molecule has 0 aliphatic carbocycles. The lowest BCUT2D eigenvalue weighted by Gasteiger charge is -2.37. The summed E-state index contributed by atoms with van der Waals surface area (Å²) < 4.78 is 4.87. The monoisotopic (exact) mass is 400 g/mol. The van der Waals surface area contributed by atoms with E-state index in [-0.39, 0.29) is 42.5 Å². The highest BCUT2D eigenvalue weighted by molar-refractivity contribution is 5.95. The van der Waals surface area contributed by atoms with E-state index in [0.29, 0.717) is 32.4 Å². The van der Waals surface area contributed by atoms with Crippen LogP contribution in [0.2, 0.25) is 0 Å². The van der Waals surface area contributed by atoms with Gasteiger partial charge in [-0.3, -0.25) is 19.3 Å². The van der Waals surface area contributed by atoms with Gasteiger partial charge in [0.25, 0.3) is 0 Å². The summed E-state index contributed by atoms with van der Waals surface area (Å²) in [6.45, 7) is 1.92. The smallest absolute Gasteiger partial charge is 0.246 e. The van der Waals surface area contributed by atoms with Crippen LogP contribution in [0.3, 0.4) is 0 Å². The van der Waals surface area contributed by atoms with Crippen LogP contribution in [0.25, 0.3) is 0 Å². The van der Waals surface area contributed by atoms with Crippen LogP contribution in [0.5, 0.6) is 0 Å². The van der Waals surface area contributed by atoms with Gasteiger partial charge in [0.05, 0.1) is 6.04 Å². The second-order valence-corrected chi connectivity index (χ2v) is 8.01. The average Bonchev–Trinajstić information content (AvgIpc) is 3.32. The van der Waals surface area contributed by atoms with E-state index in [9.17, 15) is 14.4 Å². The number of nitrogens with one attached hydrogen (secondary N) is 2. The first-order chi connectivity index (χ1) is 14.1. The maximum absolute atomic E-state index is 12.8. The van der Waals surface area contributed by atoms with Crippen molar-refractivity contribution in [2.75, 3.05) is 38.3 Å². The van der Waals surface area contributed by atoms with Gasteiger partial charge >= 0.3 is 0 Å². The fraction of sp³-hybridized carbons (Fsp3) is 0.571. The molecule has 8 nitrogen and oxygen atoms in total. The minimum atomic E-state index is -0.246. The Morgan fingerprint density at radius 1 is 1.31 bits per heavy atom. The van der Waals surface area contributed by atoms with Crippen molar-refractivity contribution in [1.82, 2.24) is 15.5 Å². The van der Waals surface area contributed by atoms with Crippen molar-refractivity contribution >= 4 is 23.4 Å². The zero-order chi connectivity index (χ0) is 20.4. The van der Waals surface area contributed by atoms with Crippen LogP contribution in [0.4, 0.5) is 5.69 Å². The van der Waals surface area contributed by atoms with E-state index >= 15 is 0 Å².